The zero-order valence-corrected chi connectivity index (χ0v) is 42.2. The molecule has 0 saturated carbocycles. The lowest BCUT2D eigenvalue weighted by Crippen LogP contribution is -2.61. The maximum absolute atomic E-state index is 14.1. The first-order chi connectivity index (χ1) is 35.4. The number of aliphatic carboxylic acids is 2. The third kappa shape index (κ3) is 26.7. The van der Waals surface area contributed by atoms with Gasteiger partial charge in [0.15, 0.2) is 5.96 Å². The number of nitrogens with one attached hydrogen (secondary N) is 7. The predicted molar refractivity (Wildman–Crippen MR) is 266 cm³/mol. The number of carboxylic acids is 2. The van der Waals surface area contributed by atoms with Crippen LogP contribution in [0, 0.1) is 11.8 Å². The zero-order valence-electron chi connectivity index (χ0n) is 42.2. The SMILES string of the molecule is CC(C)CC(NC(=O)CNC(=O)C(Cc1ccccc1)NC(=O)C(CO)NC(=O)C(Cc1ccc(O)cc1)NC(=O)C(CC(C)C)NC(=O)C(CCCN=C(N)N)NC(=O)C(N)CC(=O)O)C(N)=O.O=C(O)C(F)(F)F. The highest BCUT2D eigenvalue weighted by Crippen LogP contribution is 2.15. The van der Waals surface area contributed by atoms with E-state index in [-0.39, 0.29) is 68.6 Å². The van der Waals surface area contributed by atoms with Gasteiger partial charge >= 0.3 is 18.1 Å². The number of aliphatic hydroxyl groups is 1. The molecule has 0 heterocycles. The number of nitrogens with zero attached hydrogens (tertiary/aromatic N) is 1. The Morgan fingerprint density at radius 2 is 1.05 bits per heavy atom. The molecule has 0 aliphatic rings. The van der Waals surface area contributed by atoms with Gasteiger partial charge in [0.1, 0.15) is 42.0 Å². The van der Waals surface area contributed by atoms with E-state index < -0.39 is 127 Å². The van der Waals surface area contributed by atoms with Gasteiger partial charge in [-0.3, -0.25) is 48.1 Å². The molecule has 7 unspecified atom stereocenters. The smallest absolute Gasteiger partial charge is 0.490 e. The minimum atomic E-state index is -5.08. The van der Waals surface area contributed by atoms with E-state index in [1.165, 1.54) is 24.3 Å². The maximum Gasteiger partial charge on any atom is 0.490 e. The molecular formula is C47H69F3N12O14. The highest BCUT2D eigenvalue weighted by molar-refractivity contribution is 5.97. The summed E-state index contributed by atoms with van der Waals surface area (Å²) in [6, 6.07) is 4.36. The molecule has 0 radical (unpaired) electrons. The molecular weight excluding hydrogens is 1010 g/mol. The molecule has 0 spiro atoms. The number of carbonyl (C=O) groups excluding carboxylic acids is 8. The lowest BCUT2D eigenvalue weighted by Gasteiger charge is -2.28. The fourth-order valence-electron chi connectivity index (χ4n) is 6.71. The summed E-state index contributed by atoms with van der Waals surface area (Å²) in [6.07, 6.45) is -5.80. The summed E-state index contributed by atoms with van der Waals surface area (Å²) in [4.78, 5) is 131. The lowest BCUT2D eigenvalue weighted by atomic mass is 10.00. The molecule has 2 rings (SSSR count). The second-order valence-corrected chi connectivity index (χ2v) is 18.0. The Morgan fingerprint density at radius 1 is 0.605 bits per heavy atom. The second-order valence-electron chi connectivity index (χ2n) is 18.0. The van der Waals surface area contributed by atoms with E-state index >= 15 is 0 Å². The van der Waals surface area contributed by atoms with E-state index in [1.54, 1.807) is 44.2 Å². The third-order valence-corrected chi connectivity index (χ3v) is 10.4. The van der Waals surface area contributed by atoms with Crippen LogP contribution in [0.5, 0.6) is 5.75 Å². The van der Waals surface area contributed by atoms with Crippen molar-refractivity contribution in [2.75, 3.05) is 19.7 Å². The second kappa shape index (κ2) is 33.0. The van der Waals surface area contributed by atoms with Crippen LogP contribution in [0.4, 0.5) is 13.2 Å². The summed E-state index contributed by atoms with van der Waals surface area (Å²) in [5.74, 6) is -11.6. The van der Waals surface area contributed by atoms with Crippen molar-refractivity contribution in [2.45, 2.75) is 121 Å². The predicted octanol–water partition coefficient (Wildman–Crippen LogP) is -2.74. The number of hydrogen-bond acceptors (Lipinski definition) is 14. The first kappa shape index (κ1) is 65.9. The van der Waals surface area contributed by atoms with E-state index in [0.717, 1.165) is 0 Å². The molecule has 19 N–H and O–H groups in total. The molecule has 0 aliphatic heterocycles. The van der Waals surface area contributed by atoms with Crippen LogP contribution in [0.15, 0.2) is 59.6 Å². The number of primary amides is 1. The molecule has 0 bridgehead atoms. The molecule has 0 fully saturated rings. The number of amides is 8. The van der Waals surface area contributed by atoms with Crippen LogP contribution >= 0.6 is 0 Å². The third-order valence-electron chi connectivity index (χ3n) is 10.4. The van der Waals surface area contributed by atoms with Crippen molar-refractivity contribution in [2.24, 2.45) is 39.8 Å². The largest absolute Gasteiger partial charge is 0.508 e. The van der Waals surface area contributed by atoms with E-state index in [0.29, 0.717) is 11.1 Å². The average Bonchev–Trinajstić information content (AvgIpc) is 3.32. The van der Waals surface area contributed by atoms with Gasteiger partial charge in [0.05, 0.1) is 25.6 Å². The number of guanidine groups is 1. The first-order valence-electron chi connectivity index (χ1n) is 23.6. The topological polar surface area (TPSA) is 452 Å². The lowest BCUT2D eigenvalue weighted by molar-refractivity contribution is -0.192. The van der Waals surface area contributed by atoms with Gasteiger partial charge in [-0.1, -0.05) is 70.2 Å². The molecule has 2 aromatic carbocycles. The van der Waals surface area contributed by atoms with Crippen LogP contribution in [-0.2, 0) is 60.8 Å². The Morgan fingerprint density at radius 3 is 1.54 bits per heavy atom. The number of aromatic hydroxyl groups is 1. The number of halogens is 3. The van der Waals surface area contributed by atoms with Gasteiger partial charge in [-0.05, 0) is 60.8 Å². The van der Waals surface area contributed by atoms with Crippen molar-refractivity contribution >= 4 is 65.2 Å². The summed E-state index contributed by atoms with van der Waals surface area (Å²) in [5.41, 5.74) is 23.0. The summed E-state index contributed by atoms with van der Waals surface area (Å²) >= 11 is 0. The molecule has 0 saturated heterocycles. The highest BCUT2D eigenvalue weighted by Gasteiger charge is 2.38. The minimum Gasteiger partial charge on any atom is -0.508 e. The number of aliphatic hydroxyl groups excluding tert-OH is 1. The van der Waals surface area contributed by atoms with Gasteiger partial charge in [0.25, 0.3) is 0 Å². The normalized spacial score (nSPS) is 13.8. The number of phenols is 1. The van der Waals surface area contributed by atoms with Crippen LogP contribution in [0.1, 0.15) is 70.9 Å². The fraction of sp³-hybridized carbons (Fsp3) is 0.511. The highest BCUT2D eigenvalue weighted by atomic mass is 19.4. The van der Waals surface area contributed by atoms with Crippen LogP contribution in [0.25, 0.3) is 0 Å². The number of carboxylic acid groups (broad SMARTS) is 2. The van der Waals surface area contributed by atoms with Gasteiger partial charge < -0.3 is 80.6 Å². The Hall–Kier alpha value is -8.08. The van der Waals surface area contributed by atoms with E-state index in [2.05, 4.69) is 42.2 Å². The average molecular weight is 1080 g/mol. The maximum atomic E-state index is 14.1. The van der Waals surface area contributed by atoms with Crippen molar-refractivity contribution in [1.29, 1.82) is 0 Å². The quantitative estimate of drug-likeness (QED) is 0.0214. The number of carbonyl (C=O) groups is 10. The number of hydrogen-bond donors (Lipinski definition) is 15. The van der Waals surface area contributed by atoms with Gasteiger partial charge in [0, 0.05) is 19.4 Å². The Bertz CT molecular complexity index is 2300. The number of rotatable bonds is 30. The summed E-state index contributed by atoms with van der Waals surface area (Å²) in [7, 11) is 0. The molecule has 0 aromatic heterocycles. The van der Waals surface area contributed by atoms with Crippen molar-refractivity contribution < 1.29 is 81.5 Å². The van der Waals surface area contributed by atoms with Crippen LogP contribution in [0.2, 0.25) is 0 Å². The minimum absolute atomic E-state index is 0.0101. The Balaban J connectivity index is 0.00000383. The molecule has 26 nitrogen and oxygen atoms in total. The van der Waals surface area contributed by atoms with Gasteiger partial charge in [-0.2, -0.15) is 13.2 Å². The van der Waals surface area contributed by atoms with Crippen molar-refractivity contribution in [3.8, 4) is 5.75 Å². The molecule has 422 valence electrons. The first-order valence-corrected chi connectivity index (χ1v) is 23.6. The van der Waals surface area contributed by atoms with Crippen molar-refractivity contribution in [3.63, 3.8) is 0 Å². The molecule has 29 heteroatoms. The zero-order chi connectivity index (χ0) is 57.9. The molecule has 7 atom stereocenters. The molecule has 0 aliphatic carbocycles. The molecule has 76 heavy (non-hydrogen) atoms. The van der Waals surface area contributed by atoms with Gasteiger partial charge in [-0.15, -0.1) is 0 Å². The number of phenolic OH excluding ortho intramolecular Hbond substituents is 1. The molecule has 8 amide bonds. The number of alkyl halides is 3. The molecule has 2 aromatic rings. The number of aliphatic imine (C=N–C) groups is 1. The fourth-order valence-corrected chi connectivity index (χ4v) is 6.71. The van der Waals surface area contributed by atoms with Gasteiger partial charge in [-0.25, -0.2) is 4.79 Å². The van der Waals surface area contributed by atoms with Gasteiger partial charge in [0.2, 0.25) is 47.3 Å². The van der Waals surface area contributed by atoms with E-state index in [1.807, 2.05) is 13.8 Å². The van der Waals surface area contributed by atoms with Crippen LogP contribution in [-0.4, -0.2) is 154 Å². The summed E-state index contributed by atoms with van der Waals surface area (Å²) in [6.45, 7) is 5.65. The van der Waals surface area contributed by atoms with E-state index in [9.17, 15) is 66.5 Å². The Kier molecular flexibility index (Phi) is 28.6. The van der Waals surface area contributed by atoms with Crippen LogP contribution in [0.3, 0.4) is 0 Å². The Labute approximate surface area is 435 Å². The summed E-state index contributed by atoms with van der Waals surface area (Å²) in [5, 5.41) is 54.0. The van der Waals surface area contributed by atoms with E-state index in [4.69, 9.17) is 37.9 Å². The monoisotopic (exact) mass is 1080 g/mol. The standard InChI is InChI=1S/C45H68N12O12.C2HF3O2/c1-24(2)17-31(38(47)63)52-36(60)22-51-40(65)33(19-26-9-6-5-7-10-26)55-44(69)35(23-58)57-43(68)34(20-27-12-14-28(59)15-13-27)56-42(67)32(18-25(3)4)54-41(66)30(11-8-16-50-45(48)49)53-39(64)29(46)21-37(61)62;3-2(4,5)1(6)7/h5-7,9-10,12-15,24-25,29-35,58-59H,8,11,16-23,46H2,1-4H3,(H2,47,63)(H,51,65)(H,52,60)(H,53,64)(H,54,66)(H,55,69)(H,56,67)(H,57,68)(H,61,62)(H4,48,49,50);(H,6,7). The van der Waals surface area contributed by atoms with Crippen molar-refractivity contribution in [1.82, 2.24) is 37.2 Å². The number of benzene rings is 2. The van der Waals surface area contributed by atoms with Crippen LogP contribution < -0.4 is 60.2 Å². The summed E-state index contributed by atoms with van der Waals surface area (Å²) < 4.78 is 31.7. The van der Waals surface area contributed by atoms with Crippen molar-refractivity contribution in [3.05, 3.63) is 65.7 Å². The number of nitrogens with two attached hydrogens (primary N) is 4.